The van der Waals surface area contributed by atoms with E-state index in [-0.39, 0.29) is 6.04 Å². The van der Waals surface area contributed by atoms with Crippen molar-refractivity contribution in [3.63, 3.8) is 0 Å². The fourth-order valence-corrected chi connectivity index (χ4v) is 1.86. The highest BCUT2D eigenvalue weighted by Crippen LogP contribution is 2.19. The normalized spacial score (nSPS) is 11.9. The van der Waals surface area contributed by atoms with Crippen LogP contribution in [0.2, 0.25) is 0 Å². The molecule has 8 heteroatoms. The van der Waals surface area contributed by atoms with Crippen molar-refractivity contribution in [1.82, 2.24) is 20.1 Å². The van der Waals surface area contributed by atoms with Crippen LogP contribution in [0.4, 0.5) is 14.9 Å². The minimum atomic E-state index is -0.432. The Morgan fingerprint density at radius 1 is 1.55 bits per heavy atom. The second-order valence-corrected chi connectivity index (χ2v) is 5.10. The standard InChI is InChI=1S/C12H13BrFN5O/c1-8(5-19-7-15-6-16-19)17-12(20)18-9-2-3-10(13)11(14)4-9/h2-4,6-8H,5H2,1H3,(H2,17,18,20)/t8-/m0/s1. The Kier molecular flexibility index (Phi) is 4.67. The maximum absolute atomic E-state index is 13.3. The van der Waals surface area contributed by atoms with Crippen molar-refractivity contribution < 1.29 is 9.18 Å². The molecule has 0 saturated carbocycles. The van der Waals surface area contributed by atoms with Gasteiger partial charge in [0, 0.05) is 11.7 Å². The molecule has 20 heavy (non-hydrogen) atoms. The van der Waals surface area contributed by atoms with Gasteiger partial charge in [0.25, 0.3) is 0 Å². The summed E-state index contributed by atoms with van der Waals surface area (Å²) in [5.41, 5.74) is 0.385. The molecule has 2 amide bonds. The maximum Gasteiger partial charge on any atom is 0.319 e. The number of nitrogens with zero attached hydrogens (tertiary/aromatic N) is 3. The van der Waals surface area contributed by atoms with E-state index < -0.39 is 11.8 Å². The van der Waals surface area contributed by atoms with Gasteiger partial charge in [-0.25, -0.2) is 14.2 Å². The number of nitrogens with one attached hydrogen (secondary N) is 2. The third-order valence-electron chi connectivity index (χ3n) is 2.48. The summed E-state index contributed by atoms with van der Waals surface area (Å²) in [5, 5.41) is 9.24. The number of rotatable bonds is 4. The Morgan fingerprint density at radius 3 is 3.00 bits per heavy atom. The van der Waals surface area contributed by atoms with Gasteiger partial charge in [0.15, 0.2) is 0 Å². The molecule has 1 aromatic carbocycles. The maximum atomic E-state index is 13.3. The van der Waals surface area contributed by atoms with Crippen molar-refractivity contribution >= 4 is 27.6 Å². The quantitative estimate of drug-likeness (QED) is 0.896. The van der Waals surface area contributed by atoms with E-state index in [1.54, 1.807) is 17.1 Å². The van der Waals surface area contributed by atoms with E-state index in [4.69, 9.17) is 0 Å². The highest BCUT2D eigenvalue weighted by molar-refractivity contribution is 9.10. The third-order valence-corrected chi connectivity index (χ3v) is 3.13. The lowest BCUT2D eigenvalue weighted by atomic mass is 10.3. The van der Waals surface area contributed by atoms with Gasteiger partial charge in [0.05, 0.1) is 11.0 Å². The zero-order chi connectivity index (χ0) is 14.5. The van der Waals surface area contributed by atoms with Gasteiger partial charge >= 0.3 is 6.03 Å². The number of aromatic nitrogens is 3. The molecule has 0 fully saturated rings. The van der Waals surface area contributed by atoms with Gasteiger partial charge in [-0.15, -0.1) is 0 Å². The van der Waals surface area contributed by atoms with E-state index in [2.05, 4.69) is 36.6 Å². The van der Waals surface area contributed by atoms with E-state index in [0.29, 0.717) is 16.7 Å². The van der Waals surface area contributed by atoms with Crippen molar-refractivity contribution in [3.05, 3.63) is 41.1 Å². The van der Waals surface area contributed by atoms with E-state index in [1.807, 2.05) is 6.92 Å². The molecular weight excluding hydrogens is 329 g/mol. The zero-order valence-electron chi connectivity index (χ0n) is 10.7. The lowest BCUT2D eigenvalue weighted by Crippen LogP contribution is -2.38. The van der Waals surface area contributed by atoms with Crippen LogP contribution in [0, 0.1) is 5.82 Å². The van der Waals surface area contributed by atoms with Crippen molar-refractivity contribution in [2.24, 2.45) is 0 Å². The van der Waals surface area contributed by atoms with Gasteiger partial charge in [0.1, 0.15) is 18.5 Å². The molecule has 2 rings (SSSR count). The number of carbonyl (C=O) groups is 1. The van der Waals surface area contributed by atoms with Crippen molar-refractivity contribution in [3.8, 4) is 0 Å². The van der Waals surface area contributed by atoms with Gasteiger partial charge in [-0.05, 0) is 41.1 Å². The first-order valence-corrected chi connectivity index (χ1v) is 6.69. The average Bonchev–Trinajstić information content (AvgIpc) is 2.86. The molecule has 0 bridgehead atoms. The fourth-order valence-electron chi connectivity index (χ4n) is 1.62. The van der Waals surface area contributed by atoms with Crippen LogP contribution in [0.3, 0.4) is 0 Å². The van der Waals surface area contributed by atoms with Crippen LogP contribution >= 0.6 is 15.9 Å². The summed E-state index contributed by atoms with van der Waals surface area (Å²) in [5.74, 6) is -0.432. The number of benzene rings is 1. The van der Waals surface area contributed by atoms with Crippen LogP contribution in [0.15, 0.2) is 35.3 Å². The predicted molar refractivity (Wildman–Crippen MR) is 75.7 cm³/mol. The second kappa shape index (κ2) is 6.47. The lowest BCUT2D eigenvalue weighted by molar-refractivity contribution is 0.247. The van der Waals surface area contributed by atoms with Gasteiger partial charge in [0.2, 0.25) is 0 Å². The number of urea groups is 1. The van der Waals surface area contributed by atoms with Crippen molar-refractivity contribution in [1.29, 1.82) is 0 Å². The molecule has 0 unspecified atom stereocenters. The monoisotopic (exact) mass is 341 g/mol. The van der Waals surface area contributed by atoms with Crippen LogP contribution in [0.25, 0.3) is 0 Å². The van der Waals surface area contributed by atoms with E-state index in [1.165, 1.54) is 18.5 Å². The van der Waals surface area contributed by atoms with Gasteiger partial charge in [-0.1, -0.05) is 0 Å². The number of anilines is 1. The largest absolute Gasteiger partial charge is 0.334 e. The van der Waals surface area contributed by atoms with Crippen molar-refractivity contribution in [2.75, 3.05) is 5.32 Å². The Hall–Kier alpha value is -1.96. The Labute approximate surface area is 123 Å². The number of halogens is 2. The Bertz CT molecular complexity index is 590. The Morgan fingerprint density at radius 2 is 2.35 bits per heavy atom. The summed E-state index contributed by atoms with van der Waals surface area (Å²) in [6, 6.07) is 3.83. The number of hydrogen-bond acceptors (Lipinski definition) is 3. The number of carbonyl (C=O) groups excluding carboxylic acids is 1. The van der Waals surface area contributed by atoms with Gasteiger partial charge < -0.3 is 10.6 Å². The van der Waals surface area contributed by atoms with Crippen LogP contribution in [-0.2, 0) is 6.54 Å². The smallest absolute Gasteiger partial charge is 0.319 e. The summed E-state index contributed by atoms with van der Waals surface area (Å²) in [4.78, 5) is 15.6. The fraction of sp³-hybridized carbons (Fsp3) is 0.250. The molecule has 0 aliphatic heterocycles. The molecule has 0 aliphatic carbocycles. The number of amides is 2. The molecule has 1 aromatic heterocycles. The minimum Gasteiger partial charge on any atom is -0.334 e. The minimum absolute atomic E-state index is 0.142. The summed E-state index contributed by atoms with van der Waals surface area (Å²) in [6.07, 6.45) is 3.00. The summed E-state index contributed by atoms with van der Waals surface area (Å²) in [7, 11) is 0. The van der Waals surface area contributed by atoms with Crippen LogP contribution in [-0.4, -0.2) is 26.8 Å². The first kappa shape index (κ1) is 14.4. The first-order valence-electron chi connectivity index (χ1n) is 5.89. The molecule has 0 radical (unpaired) electrons. The summed E-state index contributed by atoms with van der Waals surface area (Å²) < 4.78 is 15.3. The van der Waals surface area contributed by atoms with E-state index in [9.17, 15) is 9.18 Å². The molecule has 0 saturated heterocycles. The average molecular weight is 342 g/mol. The van der Waals surface area contributed by atoms with Gasteiger partial charge in [-0.2, -0.15) is 5.10 Å². The first-order chi connectivity index (χ1) is 9.54. The zero-order valence-corrected chi connectivity index (χ0v) is 12.3. The molecule has 2 aromatic rings. The molecule has 0 spiro atoms. The second-order valence-electron chi connectivity index (χ2n) is 4.25. The molecule has 6 nitrogen and oxygen atoms in total. The highest BCUT2D eigenvalue weighted by atomic mass is 79.9. The highest BCUT2D eigenvalue weighted by Gasteiger charge is 2.09. The SMILES string of the molecule is C[C@@H](Cn1cncn1)NC(=O)Nc1ccc(Br)c(F)c1. The van der Waals surface area contributed by atoms with E-state index in [0.717, 1.165) is 0 Å². The molecule has 106 valence electrons. The van der Waals surface area contributed by atoms with E-state index >= 15 is 0 Å². The molecule has 1 atom stereocenters. The molecule has 2 N–H and O–H groups in total. The van der Waals surface area contributed by atoms with Crippen LogP contribution in [0.5, 0.6) is 0 Å². The lowest BCUT2D eigenvalue weighted by Gasteiger charge is -2.14. The van der Waals surface area contributed by atoms with Crippen LogP contribution < -0.4 is 10.6 Å². The summed E-state index contributed by atoms with van der Waals surface area (Å²) in [6.45, 7) is 2.34. The molecule has 0 aliphatic rings. The molecular formula is C12H13BrFN5O. The van der Waals surface area contributed by atoms with Gasteiger partial charge in [-0.3, -0.25) is 4.68 Å². The van der Waals surface area contributed by atoms with Crippen LogP contribution in [0.1, 0.15) is 6.92 Å². The number of hydrogen-bond donors (Lipinski definition) is 2. The third kappa shape index (κ3) is 4.02. The van der Waals surface area contributed by atoms with Crippen molar-refractivity contribution in [2.45, 2.75) is 19.5 Å². The molecule has 1 heterocycles. The Balaban J connectivity index is 1.87. The summed E-state index contributed by atoms with van der Waals surface area (Å²) >= 11 is 3.05. The topological polar surface area (TPSA) is 71.8 Å². The predicted octanol–water partition coefficient (Wildman–Crippen LogP) is 2.39.